The van der Waals surface area contributed by atoms with E-state index < -0.39 is 28.6 Å². The zero-order valence-electron chi connectivity index (χ0n) is 26.2. The lowest BCUT2D eigenvalue weighted by Gasteiger charge is -2.26. The summed E-state index contributed by atoms with van der Waals surface area (Å²) in [6, 6.07) is 12.3. The summed E-state index contributed by atoms with van der Waals surface area (Å²) in [6.07, 6.45) is 2.87. The molecular weight excluding hydrogens is 605 g/mol. The Morgan fingerprint density at radius 1 is 1.11 bits per heavy atom. The molecule has 0 bridgehead atoms. The summed E-state index contributed by atoms with van der Waals surface area (Å²) in [5, 5.41) is 15.1. The fraction of sp³-hybridized carbons (Fsp3) is 0.257. The molecule has 1 aliphatic heterocycles. The second kappa shape index (κ2) is 11.7. The van der Waals surface area contributed by atoms with E-state index in [2.05, 4.69) is 20.3 Å². The van der Waals surface area contributed by atoms with Gasteiger partial charge in [-0.2, -0.15) is 0 Å². The lowest BCUT2D eigenvalue weighted by Crippen LogP contribution is -2.40. The van der Waals surface area contributed by atoms with Gasteiger partial charge in [-0.25, -0.2) is 14.4 Å². The highest BCUT2D eigenvalue weighted by molar-refractivity contribution is 6.09. The number of amides is 2. The summed E-state index contributed by atoms with van der Waals surface area (Å²) in [6.45, 7) is 6.71. The molecule has 240 valence electrons. The summed E-state index contributed by atoms with van der Waals surface area (Å²) in [7, 11) is 0. The van der Waals surface area contributed by atoms with Crippen molar-refractivity contribution in [1.82, 2.24) is 15.0 Å². The molecule has 4 N–H and O–H groups in total. The molecule has 5 aromatic rings. The number of hydrogen-bond acceptors (Lipinski definition) is 9. The van der Waals surface area contributed by atoms with Crippen LogP contribution in [0.25, 0.3) is 22.2 Å². The van der Waals surface area contributed by atoms with Gasteiger partial charge in [0.2, 0.25) is 5.91 Å². The minimum absolute atomic E-state index is 0.0254. The molecule has 2 amide bonds. The highest BCUT2D eigenvalue weighted by Gasteiger charge is 2.45. The van der Waals surface area contributed by atoms with Gasteiger partial charge < -0.3 is 25.3 Å². The van der Waals surface area contributed by atoms with Gasteiger partial charge in [0.15, 0.2) is 5.78 Å². The van der Waals surface area contributed by atoms with E-state index in [1.54, 1.807) is 32.2 Å². The first kappa shape index (κ1) is 31.5. The highest BCUT2D eigenvalue weighted by atomic mass is 19.1. The molecule has 0 unspecified atom stereocenters. The molecule has 47 heavy (non-hydrogen) atoms. The van der Waals surface area contributed by atoms with Crippen LogP contribution in [-0.4, -0.2) is 44.3 Å². The molecule has 0 saturated carbocycles. The number of nitrogens with two attached hydrogens (primary N) is 1. The number of aromatic nitrogens is 3. The number of primary amides is 1. The summed E-state index contributed by atoms with van der Waals surface area (Å²) in [4.78, 5) is 52.3. The quantitative estimate of drug-likeness (QED) is 0.182. The second-order valence-electron chi connectivity index (χ2n) is 12.3. The standard InChI is InChI=1S/C35H32FN5O6/c1-18-11-22-12-21(13-25(28(22)38-15-18)40-31(43)32-39-19(2)16-46-32)26(42)9-10-35(4,45)27-14-24-30(47-17-34(24,3)33(37)44)29(41-27)20-5-7-23(36)8-6-20/h5-8,11-16,45H,9-10,17H2,1-4H3,(H2,37,44)(H,40,43)/t34-,35-/m0/s1. The molecule has 6 rings (SSSR count). The van der Waals surface area contributed by atoms with Crippen molar-refractivity contribution in [2.75, 3.05) is 11.9 Å². The summed E-state index contributed by atoms with van der Waals surface area (Å²) in [5.74, 6) is -1.76. The topological polar surface area (TPSA) is 171 Å². The van der Waals surface area contributed by atoms with Gasteiger partial charge in [0.1, 0.15) is 41.1 Å². The molecule has 1 aliphatic rings. The number of ketones is 1. The largest absolute Gasteiger partial charge is 0.489 e. The number of halogens is 1. The second-order valence-corrected chi connectivity index (χ2v) is 12.3. The number of oxazole rings is 1. The van der Waals surface area contributed by atoms with Gasteiger partial charge in [-0.1, -0.05) is 0 Å². The van der Waals surface area contributed by atoms with Crippen molar-refractivity contribution in [2.24, 2.45) is 5.73 Å². The third-order valence-corrected chi connectivity index (χ3v) is 8.43. The minimum atomic E-state index is -1.64. The Morgan fingerprint density at radius 3 is 2.53 bits per heavy atom. The third-order valence-electron chi connectivity index (χ3n) is 8.43. The Hall–Kier alpha value is -5.49. The van der Waals surface area contributed by atoms with Crippen LogP contribution < -0.4 is 15.8 Å². The highest BCUT2D eigenvalue weighted by Crippen LogP contribution is 2.46. The number of nitrogens with one attached hydrogen (secondary N) is 1. The van der Waals surface area contributed by atoms with Crippen LogP contribution in [0.1, 0.15) is 70.2 Å². The van der Waals surface area contributed by atoms with Crippen LogP contribution >= 0.6 is 0 Å². The Kier molecular flexibility index (Phi) is 7.84. The predicted octanol–water partition coefficient (Wildman–Crippen LogP) is 5.30. The maximum absolute atomic E-state index is 13.7. The van der Waals surface area contributed by atoms with E-state index in [-0.39, 0.29) is 36.8 Å². The number of fused-ring (bicyclic) bond motifs is 2. The van der Waals surface area contributed by atoms with E-state index >= 15 is 0 Å². The number of benzene rings is 2. The number of Topliss-reactive ketones (excluding diaryl/α,β-unsaturated/α-hetero) is 1. The van der Waals surface area contributed by atoms with Crippen LogP contribution in [0.15, 0.2) is 65.4 Å². The Bertz CT molecular complexity index is 2070. The van der Waals surface area contributed by atoms with Crippen LogP contribution in [0.2, 0.25) is 0 Å². The maximum Gasteiger partial charge on any atom is 0.311 e. The van der Waals surface area contributed by atoms with E-state index in [0.717, 1.165) is 5.56 Å². The molecule has 0 aliphatic carbocycles. The number of anilines is 1. The van der Waals surface area contributed by atoms with E-state index in [9.17, 15) is 23.9 Å². The molecule has 0 radical (unpaired) electrons. The Balaban J connectivity index is 1.32. The van der Waals surface area contributed by atoms with Gasteiger partial charge in [-0.3, -0.25) is 19.4 Å². The fourth-order valence-corrected chi connectivity index (χ4v) is 5.55. The Labute approximate surface area is 269 Å². The fourth-order valence-electron chi connectivity index (χ4n) is 5.55. The predicted molar refractivity (Wildman–Crippen MR) is 170 cm³/mol. The third kappa shape index (κ3) is 5.95. The van der Waals surface area contributed by atoms with E-state index in [1.165, 1.54) is 43.5 Å². The molecule has 0 saturated heterocycles. The summed E-state index contributed by atoms with van der Waals surface area (Å²) < 4.78 is 24.9. The minimum Gasteiger partial charge on any atom is -0.489 e. The summed E-state index contributed by atoms with van der Waals surface area (Å²) >= 11 is 0. The first-order valence-corrected chi connectivity index (χ1v) is 14.9. The monoisotopic (exact) mass is 637 g/mol. The van der Waals surface area contributed by atoms with Crippen molar-refractivity contribution >= 4 is 34.2 Å². The number of aliphatic hydroxyl groups is 1. The van der Waals surface area contributed by atoms with Crippen molar-refractivity contribution in [3.8, 4) is 17.0 Å². The van der Waals surface area contributed by atoms with E-state index in [0.29, 0.717) is 50.4 Å². The lowest BCUT2D eigenvalue weighted by molar-refractivity contribution is -0.123. The number of pyridine rings is 2. The number of carbonyl (C=O) groups excluding carboxylic acids is 3. The van der Waals surface area contributed by atoms with Crippen molar-refractivity contribution in [3.63, 3.8) is 0 Å². The summed E-state index contributed by atoms with van der Waals surface area (Å²) in [5.41, 5.74) is 6.86. The van der Waals surface area contributed by atoms with Gasteiger partial charge >= 0.3 is 5.91 Å². The number of aryl methyl sites for hydroxylation is 2. The lowest BCUT2D eigenvalue weighted by atomic mass is 9.81. The molecule has 11 nitrogen and oxygen atoms in total. The Morgan fingerprint density at radius 2 is 1.85 bits per heavy atom. The van der Waals surface area contributed by atoms with Gasteiger partial charge in [0.05, 0.1) is 22.6 Å². The van der Waals surface area contributed by atoms with Gasteiger partial charge in [-0.15, -0.1) is 0 Å². The molecule has 12 heteroatoms. The SMILES string of the molecule is Cc1cnc2c(NC(=O)c3nc(C)co3)cc(C(=O)CC[C@](C)(O)c3cc4c(c(-c5ccc(F)cc5)n3)OC[C@]4(C)C(N)=O)cc2c1. The van der Waals surface area contributed by atoms with Crippen LogP contribution in [0.4, 0.5) is 10.1 Å². The molecule has 4 heterocycles. The molecule has 3 aromatic heterocycles. The zero-order valence-corrected chi connectivity index (χ0v) is 26.2. The first-order valence-electron chi connectivity index (χ1n) is 14.9. The maximum atomic E-state index is 13.7. The smallest absolute Gasteiger partial charge is 0.311 e. The number of hydrogen-bond donors (Lipinski definition) is 3. The molecule has 0 spiro atoms. The van der Waals surface area contributed by atoms with Crippen LogP contribution in [0.3, 0.4) is 0 Å². The van der Waals surface area contributed by atoms with Crippen LogP contribution in [-0.2, 0) is 15.8 Å². The molecular formula is C35H32FN5O6. The van der Waals surface area contributed by atoms with E-state index in [4.69, 9.17) is 14.9 Å². The molecule has 2 atom stereocenters. The van der Waals surface area contributed by atoms with Crippen molar-refractivity contribution < 1.29 is 33.0 Å². The normalized spacial score (nSPS) is 16.7. The number of carbonyl (C=O) groups is 3. The average Bonchev–Trinajstić information content (AvgIpc) is 3.63. The van der Waals surface area contributed by atoms with Gasteiger partial charge in [-0.05, 0) is 88.2 Å². The van der Waals surface area contributed by atoms with Crippen molar-refractivity contribution in [3.05, 3.63) is 101 Å². The number of ether oxygens (including phenoxy) is 1. The first-order chi connectivity index (χ1) is 22.2. The van der Waals surface area contributed by atoms with Crippen molar-refractivity contribution in [2.45, 2.75) is 51.6 Å². The van der Waals surface area contributed by atoms with Crippen molar-refractivity contribution in [1.29, 1.82) is 0 Å². The molecule has 2 aromatic carbocycles. The molecule has 0 fully saturated rings. The number of rotatable bonds is 9. The zero-order chi connectivity index (χ0) is 33.7. The van der Waals surface area contributed by atoms with E-state index in [1.807, 2.05) is 13.0 Å². The number of nitrogens with zero attached hydrogens (tertiary/aromatic N) is 3. The van der Waals surface area contributed by atoms with Crippen LogP contribution in [0.5, 0.6) is 5.75 Å². The van der Waals surface area contributed by atoms with Gasteiger partial charge in [0, 0.05) is 34.7 Å². The van der Waals surface area contributed by atoms with Crippen LogP contribution in [0, 0.1) is 19.7 Å². The van der Waals surface area contributed by atoms with Gasteiger partial charge in [0.25, 0.3) is 5.89 Å². The average molecular weight is 638 g/mol.